The number of benzene rings is 2. The summed E-state index contributed by atoms with van der Waals surface area (Å²) >= 11 is 0. The number of halogens is 1. The summed E-state index contributed by atoms with van der Waals surface area (Å²) in [6, 6.07) is 11.3. The van der Waals surface area contributed by atoms with Gasteiger partial charge in [-0.3, -0.25) is 9.69 Å². The highest BCUT2D eigenvalue weighted by atomic mass is 19.1. The van der Waals surface area contributed by atoms with Crippen molar-refractivity contribution in [1.29, 1.82) is 0 Å². The first kappa shape index (κ1) is 15.2. The Kier molecular flexibility index (Phi) is 4.10. The van der Waals surface area contributed by atoms with Gasteiger partial charge in [-0.25, -0.2) is 9.18 Å². The number of rotatable bonds is 4. The number of nitrogens with zero attached hydrogens (tertiary/aromatic N) is 1. The third-order valence-corrected chi connectivity index (χ3v) is 3.95. The summed E-state index contributed by atoms with van der Waals surface area (Å²) < 4.78 is 19.6. The molecule has 0 aliphatic carbocycles. The van der Waals surface area contributed by atoms with Crippen LogP contribution in [0.15, 0.2) is 42.5 Å². The van der Waals surface area contributed by atoms with Gasteiger partial charge in [0.25, 0.3) is 0 Å². The number of ether oxygens (including phenoxy) is 1. The fraction of sp³-hybridized carbons (Fsp3) is 0.222. The van der Waals surface area contributed by atoms with Gasteiger partial charge < -0.3 is 4.74 Å². The predicted octanol–water partition coefficient (Wildman–Crippen LogP) is 4.04. The maximum Gasteiger partial charge on any atom is 0.414 e. The molecule has 1 fully saturated rings. The van der Waals surface area contributed by atoms with Crippen LogP contribution in [0, 0.1) is 5.82 Å². The van der Waals surface area contributed by atoms with Gasteiger partial charge in [0, 0.05) is 11.1 Å². The Morgan fingerprint density at radius 3 is 2.57 bits per heavy atom. The number of hydrogen-bond acceptors (Lipinski definition) is 3. The molecule has 2 aromatic rings. The molecule has 1 amide bonds. The Hall–Kier alpha value is -2.69. The molecule has 1 atom stereocenters. The summed E-state index contributed by atoms with van der Waals surface area (Å²) in [7, 11) is 0. The van der Waals surface area contributed by atoms with Gasteiger partial charge in [0.05, 0.1) is 12.2 Å². The number of carbonyl (C=O) groups excluding carboxylic acids is 2. The van der Waals surface area contributed by atoms with Crippen molar-refractivity contribution in [3.8, 4) is 11.1 Å². The normalized spacial score (nSPS) is 17.2. The second-order valence-electron chi connectivity index (χ2n) is 5.43. The number of carbonyl (C=O) groups is 2. The van der Waals surface area contributed by atoms with Crippen LogP contribution in [-0.2, 0) is 4.74 Å². The van der Waals surface area contributed by atoms with Crippen LogP contribution in [0.25, 0.3) is 11.1 Å². The maximum absolute atomic E-state index is 14.4. The van der Waals surface area contributed by atoms with Crippen LogP contribution in [0.5, 0.6) is 0 Å². The molecule has 23 heavy (non-hydrogen) atoms. The van der Waals surface area contributed by atoms with Crippen molar-refractivity contribution in [2.45, 2.75) is 19.4 Å². The van der Waals surface area contributed by atoms with Crippen LogP contribution in [0.3, 0.4) is 0 Å². The lowest BCUT2D eigenvalue weighted by Crippen LogP contribution is -2.24. The van der Waals surface area contributed by atoms with Crippen molar-refractivity contribution in [3.63, 3.8) is 0 Å². The van der Waals surface area contributed by atoms with E-state index in [0.29, 0.717) is 28.9 Å². The van der Waals surface area contributed by atoms with Gasteiger partial charge in [0.1, 0.15) is 18.2 Å². The second kappa shape index (κ2) is 6.20. The van der Waals surface area contributed by atoms with E-state index in [1.165, 1.54) is 11.0 Å². The van der Waals surface area contributed by atoms with Gasteiger partial charge in [0.15, 0.2) is 0 Å². The van der Waals surface area contributed by atoms with Gasteiger partial charge in [-0.15, -0.1) is 0 Å². The molecule has 0 bridgehead atoms. The molecular formula is C18H16FNO3. The molecule has 0 N–H and O–H groups in total. The van der Waals surface area contributed by atoms with Crippen LogP contribution < -0.4 is 4.90 Å². The largest absolute Gasteiger partial charge is 0.444 e. The van der Waals surface area contributed by atoms with Crippen LogP contribution in [0.4, 0.5) is 14.9 Å². The van der Waals surface area contributed by atoms with Gasteiger partial charge in [-0.2, -0.15) is 0 Å². The van der Waals surface area contributed by atoms with E-state index >= 15 is 0 Å². The minimum Gasteiger partial charge on any atom is -0.444 e. The third kappa shape index (κ3) is 2.95. The van der Waals surface area contributed by atoms with Crippen LogP contribution in [-0.4, -0.2) is 25.0 Å². The predicted molar refractivity (Wildman–Crippen MR) is 85.1 cm³/mol. The second-order valence-corrected chi connectivity index (χ2v) is 5.43. The van der Waals surface area contributed by atoms with Gasteiger partial charge in [-0.1, -0.05) is 31.2 Å². The molecule has 0 aromatic heterocycles. The lowest BCUT2D eigenvalue weighted by atomic mass is 10.0. The van der Waals surface area contributed by atoms with Crippen LogP contribution >= 0.6 is 0 Å². The summed E-state index contributed by atoms with van der Waals surface area (Å²) in [5.41, 5.74) is 2.12. The topological polar surface area (TPSA) is 46.6 Å². The molecule has 0 saturated carbocycles. The highest BCUT2D eigenvalue weighted by molar-refractivity contribution is 5.90. The molecule has 5 heteroatoms. The lowest BCUT2D eigenvalue weighted by molar-refractivity contribution is 0.112. The van der Waals surface area contributed by atoms with E-state index in [4.69, 9.17) is 4.74 Å². The van der Waals surface area contributed by atoms with Crippen molar-refractivity contribution in [2.24, 2.45) is 0 Å². The smallest absolute Gasteiger partial charge is 0.414 e. The molecule has 1 aliphatic heterocycles. The third-order valence-electron chi connectivity index (χ3n) is 3.95. The lowest BCUT2D eigenvalue weighted by Gasteiger charge is -2.14. The average molecular weight is 313 g/mol. The van der Waals surface area contributed by atoms with Crippen LogP contribution in [0.2, 0.25) is 0 Å². The molecular weight excluding hydrogens is 297 g/mol. The number of aldehydes is 1. The molecule has 0 unspecified atom stereocenters. The summed E-state index contributed by atoms with van der Waals surface area (Å²) in [5, 5.41) is 0. The highest BCUT2D eigenvalue weighted by Crippen LogP contribution is 2.29. The first-order valence-electron chi connectivity index (χ1n) is 7.45. The van der Waals surface area contributed by atoms with E-state index in [0.717, 1.165) is 12.7 Å². The van der Waals surface area contributed by atoms with Crippen molar-refractivity contribution in [1.82, 2.24) is 0 Å². The number of anilines is 1. The van der Waals surface area contributed by atoms with E-state index < -0.39 is 11.9 Å². The minimum absolute atomic E-state index is 0.152. The summed E-state index contributed by atoms with van der Waals surface area (Å²) in [4.78, 5) is 23.9. The SMILES string of the molecule is CC[C@H]1CN(c2ccc(-c3ccc(C=O)cc3)c(F)c2)C(=O)O1. The first-order valence-corrected chi connectivity index (χ1v) is 7.45. The molecule has 2 aromatic carbocycles. The van der Waals surface area contributed by atoms with E-state index in [9.17, 15) is 14.0 Å². The Bertz CT molecular complexity index is 742. The van der Waals surface area contributed by atoms with Crippen molar-refractivity contribution < 1.29 is 18.7 Å². The molecule has 118 valence electrons. The molecule has 4 nitrogen and oxygen atoms in total. The van der Waals surface area contributed by atoms with E-state index in [1.54, 1.807) is 36.4 Å². The van der Waals surface area contributed by atoms with Gasteiger partial charge in [-0.05, 0) is 30.2 Å². The van der Waals surface area contributed by atoms with E-state index in [1.807, 2.05) is 6.92 Å². The molecule has 0 radical (unpaired) electrons. The Morgan fingerprint density at radius 1 is 1.26 bits per heavy atom. The number of hydrogen-bond donors (Lipinski definition) is 0. The zero-order valence-electron chi connectivity index (χ0n) is 12.7. The minimum atomic E-state index is -0.445. The van der Waals surface area contributed by atoms with Crippen molar-refractivity contribution in [3.05, 3.63) is 53.8 Å². The molecule has 0 spiro atoms. The van der Waals surface area contributed by atoms with Gasteiger partial charge in [0.2, 0.25) is 0 Å². The van der Waals surface area contributed by atoms with Crippen molar-refractivity contribution >= 4 is 18.1 Å². The molecule has 1 heterocycles. The summed E-state index contributed by atoms with van der Waals surface area (Å²) in [5.74, 6) is -0.422. The zero-order chi connectivity index (χ0) is 16.4. The molecule has 1 aliphatic rings. The monoisotopic (exact) mass is 313 g/mol. The first-order chi connectivity index (χ1) is 11.1. The fourth-order valence-electron chi connectivity index (χ4n) is 2.59. The van der Waals surface area contributed by atoms with E-state index in [2.05, 4.69) is 0 Å². The quantitative estimate of drug-likeness (QED) is 0.800. The highest BCUT2D eigenvalue weighted by Gasteiger charge is 2.31. The Balaban J connectivity index is 1.88. The molecule has 1 saturated heterocycles. The fourth-order valence-corrected chi connectivity index (χ4v) is 2.59. The summed E-state index contributed by atoms with van der Waals surface area (Å²) in [6.45, 7) is 2.37. The zero-order valence-corrected chi connectivity index (χ0v) is 12.7. The average Bonchev–Trinajstić information content (AvgIpc) is 2.96. The van der Waals surface area contributed by atoms with Gasteiger partial charge >= 0.3 is 6.09 Å². The van der Waals surface area contributed by atoms with Crippen LogP contribution in [0.1, 0.15) is 23.7 Å². The number of amides is 1. The maximum atomic E-state index is 14.4. The number of cyclic esters (lactones) is 1. The summed E-state index contributed by atoms with van der Waals surface area (Å²) in [6.07, 6.45) is 0.874. The van der Waals surface area contributed by atoms with Crippen molar-refractivity contribution in [2.75, 3.05) is 11.4 Å². The van der Waals surface area contributed by atoms with E-state index in [-0.39, 0.29) is 6.10 Å². The molecule has 3 rings (SSSR count). The Labute approximate surface area is 133 Å². The Morgan fingerprint density at radius 2 is 2.00 bits per heavy atom. The standard InChI is InChI=1S/C18H16FNO3/c1-2-15-10-20(18(22)23-15)14-7-8-16(17(19)9-14)13-5-3-12(11-21)4-6-13/h3-9,11,15H,2,10H2,1H3/t15-/m0/s1.